The minimum atomic E-state index is -0.723. The monoisotopic (exact) mass is 432 g/mol. The van der Waals surface area contributed by atoms with Gasteiger partial charge in [-0.2, -0.15) is 0 Å². The van der Waals surface area contributed by atoms with Crippen molar-refractivity contribution in [3.05, 3.63) is 46.9 Å². The molecule has 0 bridgehead atoms. The van der Waals surface area contributed by atoms with Crippen molar-refractivity contribution in [2.24, 2.45) is 0 Å². The zero-order valence-corrected chi connectivity index (χ0v) is 16.5. The van der Waals surface area contributed by atoms with Crippen LogP contribution >= 0.6 is 24.4 Å². The van der Waals surface area contributed by atoms with E-state index in [4.69, 9.17) is 0 Å². The number of thiol groups is 1. The van der Waals surface area contributed by atoms with E-state index in [-0.39, 0.29) is 29.3 Å². The molecule has 1 heterocycles. The van der Waals surface area contributed by atoms with Gasteiger partial charge in [0.2, 0.25) is 11.7 Å². The molecule has 0 spiro atoms. The fourth-order valence-corrected chi connectivity index (χ4v) is 3.61. The van der Waals surface area contributed by atoms with Gasteiger partial charge in [-0.3, -0.25) is 19.3 Å². The lowest BCUT2D eigenvalue weighted by atomic mass is 10.1. The molecule has 2 aromatic carbocycles. The van der Waals surface area contributed by atoms with Crippen LogP contribution in [0.15, 0.2) is 46.2 Å². The Morgan fingerprint density at radius 3 is 2.55 bits per heavy atom. The van der Waals surface area contributed by atoms with Crippen molar-refractivity contribution in [2.45, 2.75) is 11.3 Å². The quantitative estimate of drug-likeness (QED) is 0.279. The molecule has 0 radical (unpaired) electrons. The number of phenolic OH excluding ortho intramolecular Hbond substituents is 3. The molecule has 10 heteroatoms. The highest BCUT2D eigenvalue weighted by Gasteiger charge is 2.35. The molecule has 3 amide bonds. The molecule has 0 aliphatic carbocycles. The lowest BCUT2D eigenvalue weighted by Gasteiger charge is -2.13. The number of imide groups is 1. The third kappa shape index (κ3) is 4.49. The van der Waals surface area contributed by atoms with Crippen LogP contribution in [-0.2, 0) is 9.59 Å². The largest absolute Gasteiger partial charge is 0.504 e. The summed E-state index contributed by atoms with van der Waals surface area (Å²) >= 11 is 4.89. The summed E-state index contributed by atoms with van der Waals surface area (Å²) in [4.78, 5) is 38.3. The SMILES string of the molecule is O=C(CCN1C(=O)S/C(=C\c2ccc(O)c(O)c2O)C1=O)Nc1ccccc1S. The van der Waals surface area contributed by atoms with Crippen molar-refractivity contribution < 1.29 is 29.7 Å². The number of hydrogen-bond donors (Lipinski definition) is 5. The minimum absolute atomic E-state index is 0.0245. The Morgan fingerprint density at radius 2 is 1.83 bits per heavy atom. The van der Waals surface area contributed by atoms with Crippen LogP contribution in [0.1, 0.15) is 12.0 Å². The first-order valence-corrected chi connectivity index (χ1v) is 9.61. The van der Waals surface area contributed by atoms with Crippen LogP contribution in [0, 0.1) is 0 Å². The smallest absolute Gasteiger partial charge is 0.293 e. The van der Waals surface area contributed by atoms with Crippen molar-refractivity contribution >= 4 is 53.2 Å². The predicted molar refractivity (Wildman–Crippen MR) is 111 cm³/mol. The second-order valence-electron chi connectivity index (χ2n) is 6.02. The molecule has 1 saturated heterocycles. The molecule has 2 aromatic rings. The highest BCUT2D eigenvalue weighted by molar-refractivity contribution is 8.18. The highest BCUT2D eigenvalue weighted by Crippen LogP contribution is 2.40. The Morgan fingerprint density at radius 1 is 1.10 bits per heavy atom. The number of rotatable bonds is 5. The van der Waals surface area contributed by atoms with Crippen LogP contribution in [0.5, 0.6) is 17.2 Å². The zero-order chi connectivity index (χ0) is 21.1. The number of phenols is 3. The number of nitrogens with one attached hydrogen (secondary N) is 1. The van der Waals surface area contributed by atoms with Gasteiger partial charge < -0.3 is 20.6 Å². The number of hydrogen-bond acceptors (Lipinski definition) is 8. The van der Waals surface area contributed by atoms with Gasteiger partial charge in [-0.1, -0.05) is 12.1 Å². The molecule has 4 N–H and O–H groups in total. The van der Waals surface area contributed by atoms with Gasteiger partial charge in [0, 0.05) is 23.4 Å². The van der Waals surface area contributed by atoms with E-state index < -0.39 is 28.4 Å². The maximum Gasteiger partial charge on any atom is 0.293 e. The highest BCUT2D eigenvalue weighted by atomic mass is 32.2. The molecule has 29 heavy (non-hydrogen) atoms. The average molecular weight is 432 g/mol. The summed E-state index contributed by atoms with van der Waals surface area (Å²) in [6, 6.07) is 9.36. The summed E-state index contributed by atoms with van der Waals surface area (Å²) in [7, 11) is 0. The molecular formula is C19H16N2O6S2. The van der Waals surface area contributed by atoms with Crippen LogP contribution in [0.25, 0.3) is 6.08 Å². The second-order valence-corrected chi connectivity index (χ2v) is 7.49. The van der Waals surface area contributed by atoms with E-state index in [2.05, 4.69) is 17.9 Å². The molecule has 1 aliphatic rings. The van der Waals surface area contributed by atoms with Crippen LogP contribution in [0.4, 0.5) is 10.5 Å². The van der Waals surface area contributed by atoms with E-state index in [1.165, 1.54) is 12.1 Å². The zero-order valence-electron chi connectivity index (χ0n) is 14.8. The molecule has 0 saturated carbocycles. The van der Waals surface area contributed by atoms with Crippen LogP contribution < -0.4 is 5.32 Å². The standard InChI is InChI=1S/C19H16N2O6S2/c22-12-6-5-10(16(24)17(12)25)9-14-18(26)21(19(27)29-14)8-7-15(23)20-11-3-1-2-4-13(11)28/h1-6,9,22,24-25,28H,7-8H2,(H,20,23)/b14-9-. The Kier molecular flexibility index (Phi) is 6.04. The van der Waals surface area contributed by atoms with E-state index in [0.717, 1.165) is 11.0 Å². The van der Waals surface area contributed by atoms with Gasteiger partial charge in [0.25, 0.3) is 11.1 Å². The van der Waals surface area contributed by atoms with E-state index in [9.17, 15) is 29.7 Å². The minimum Gasteiger partial charge on any atom is -0.504 e. The van der Waals surface area contributed by atoms with E-state index in [0.29, 0.717) is 22.3 Å². The van der Waals surface area contributed by atoms with Crippen molar-refractivity contribution in [1.82, 2.24) is 4.90 Å². The molecule has 0 atom stereocenters. The van der Waals surface area contributed by atoms with Gasteiger partial charge in [0.15, 0.2) is 11.5 Å². The van der Waals surface area contributed by atoms with E-state index in [1.807, 2.05) is 0 Å². The van der Waals surface area contributed by atoms with Gasteiger partial charge in [-0.15, -0.1) is 12.6 Å². The van der Waals surface area contributed by atoms with Crippen molar-refractivity contribution in [3.8, 4) is 17.2 Å². The Labute approximate surface area is 175 Å². The number of para-hydroxylation sites is 1. The number of benzene rings is 2. The summed E-state index contributed by atoms with van der Waals surface area (Å²) in [5.74, 6) is -2.84. The Balaban J connectivity index is 1.67. The van der Waals surface area contributed by atoms with Crippen molar-refractivity contribution in [2.75, 3.05) is 11.9 Å². The molecule has 3 rings (SSSR count). The second kappa shape index (κ2) is 8.50. The van der Waals surface area contributed by atoms with Crippen molar-refractivity contribution in [1.29, 1.82) is 0 Å². The van der Waals surface area contributed by atoms with Gasteiger partial charge in [0.05, 0.1) is 10.6 Å². The summed E-state index contributed by atoms with van der Waals surface area (Å²) in [6.45, 7) is -0.116. The molecule has 1 aliphatic heterocycles. The number of amides is 3. The molecule has 0 unspecified atom stereocenters. The summed E-state index contributed by atoms with van der Waals surface area (Å²) in [5, 5.41) is 30.9. The van der Waals surface area contributed by atoms with Gasteiger partial charge in [0.1, 0.15) is 0 Å². The summed E-state index contributed by atoms with van der Waals surface area (Å²) in [5.41, 5.74) is 0.589. The lowest BCUT2D eigenvalue weighted by Crippen LogP contribution is -2.31. The van der Waals surface area contributed by atoms with E-state index >= 15 is 0 Å². The molecule has 1 fully saturated rings. The normalized spacial score (nSPS) is 15.2. The third-order valence-electron chi connectivity index (χ3n) is 4.06. The molecule has 150 valence electrons. The Hall–Kier alpha value is -3.11. The summed E-state index contributed by atoms with van der Waals surface area (Å²) in [6.07, 6.45) is 1.13. The molecular weight excluding hydrogens is 416 g/mol. The fraction of sp³-hybridized carbons (Fsp3) is 0.105. The number of anilines is 1. The fourth-order valence-electron chi connectivity index (χ4n) is 2.54. The number of aromatic hydroxyl groups is 3. The van der Waals surface area contributed by atoms with Gasteiger partial charge in [-0.05, 0) is 42.1 Å². The average Bonchev–Trinajstić information content (AvgIpc) is 2.95. The number of thioether (sulfide) groups is 1. The summed E-state index contributed by atoms with van der Waals surface area (Å²) < 4.78 is 0. The number of carbonyl (C=O) groups excluding carboxylic acids is 3. The van der Waals surface area contributed by atoms with Gasteiger partial charge in [-0.25, -0.2) is 0 Å². The first kappa shape index (κ1) is 20.6. The maximum absolute atomic E-state index is 12.5. The molecule has 8 nitrogen and oxygen atoms in total. The lowest BCUT2D eigenvalue weighted by molar-refractivity contribution is -0.123. The van der Waals surface area contributed by atoms with Crippen LogP contribution in [-0.4, -0.2) is 43.8 Å². The molecule has 0 aromatic heterocycles. The first-order chi connectivity index (χ1) is 13.8. The van der Waals surface area contributed by atoms with Gasteiger partial charge >= 0.3 is 0 Å². The Bertz CT molecular complexity index is 1040. The van der Waals surface area contributed by atoms with Crippen LogP contribution in [0.3, 0.4) is 0 Å². The van der Waals surface area contributed by atoms with Crippen molar-refractivity contribution in [3.63, 3.8) is 0 Å². The van der Waals surface area contributed by atoms with E-state index in [1.54, 1.807) is 24.3 Å². The number of carbonyl (C=O) groups is 3. The predicted octanol–water partition coefficient (Wildman–Crippen LogP) is 3.16. The van der Waals surface area contributed by atoms with Crippen LogP contribution in [0.2, 0.25) is 0 Å². The maximum atomic E-state index is 12.5. The number of nitrogens with zero attached hydrogens (tertiary/aromatic N) is 1. The third-order valence-corrected chi connectivity index (χ3v) is 5.36. The first-order valence-electron chi connectivity index (χ1n) is 8.35. The topological polar surface area (TPSA) is 127 Å².